The number of H-pyrrole nitrogens is 1. The first-order valence-electron chi connectivity index (χ1n) is 9.87. The second-order valence-electron chi connectivity index (χ2n) is 8.54. The SMILES string of the molecule is COc1ccc(C=C2OC3=C(C(=O)CC(C)(C)C3)c3c2[nH]c2ccccc32)cc1. The number of hydrogen-bond acceptors (Lipinski definition) is 3. The standard InChI is InChI=1S/C25H23NO3/c1-25(2)13-19(27)23-21(14-25)29-20(12-15-8-10-16(28-3)11-9-15)24-22(23)17-6-4-5-7-18(17)26-24/h4-12,26H,13-14H2,1-3H3. The van der Waals surface area contributed by atoms with Gasteiger partial charge in [-0.1, -0.05) is 44.2 Å². The van der Waals surface area contributed by atoms with Crippen LogP contribution in [0.1, 0.15) is 43.5 Å². The minimum absolute atomic E-state index is 0.106. The van der Waals surface area contributed by atoms with Crippen molar-refractivity contribution in [3.8, 4) is 5.75 Å². The van der Waals surface area contributed by atoms with Crippen molar-refractivity contribution in [3.05, 3.63) is 71.1 Å². The van der Waals surface area contributed by atoms with Crippen LogP contribution in [-0.2, 0) is 9.53 Å². The zero-order valence-electron chi connectivity index (χ0n) is 16.8. The highest BCUT2D eigenvalue weighted by Gasteiger charge is 2.40. The third kappa shape index (κ3) is 2.96. The van der Waals surface area contributed by atoms with Crippen molar-refractivity contribution in [1.29, 1.82) is 0 Å². The van der Waals surface area contributed by atoms with Crippen LogP contribution < -0.4 is 4.74 Å². The first-order valence-corrected chi connectivity index (χ1v) is 9.87. The number of aromatic nitrogens is 1. The molecule has 1 aromatic heterocycles. The van der Waals surface area contributed by atoms with Crippen LogP contribution in [0.25, 0.3) is 28.3 Å². The number of ketones is 1. The minimum Gasteiger partial charge on any atom is -0.497 e. The number of fused-ring (bicyclic) bond motifs is 4. The number of carbonyl (C=O) groups is 1. The predicted octanol–water partition coefficient (Wildman–Crippen LogP) is 5.81. The van der Waals surface area contributed by atoms with Crippen LogP contribution in [0, 0.1) is 5.41 Å². The molecule has 4 nitrogen and oxygen atoms in total. The van der Waals surface area contributed by atoms with Gasteiger partial charge in [-0.3, -0.25) is 4.79 Å². The summed E-state index contributed by atoms with van der Waals surface area (Å²) < 4.78 is 11.6. The number of methoxy groups -OCH3 is 1. The van der Waals surface area contributed by atoms with Crippen molar-refractivity contribution in [2.45, 2.75) is 26.7 Å². The van der Waals surface area contributed by atoms with Gasteiger partial charge >= 0.3 is 0 Å². The van der Waals surface area contributed by atoms with Crippen LogP contribution in [-0.4, -0.2) is 17.9 Å². The summed E-state index contributed by atoms with van der Waals surface area (Å²) in [5, 5.41) is 1.06. The predicted molar refractivity (Wildman–Crippen MR) is 115 cm³/mol. The summed E-state index contributed by atoms with van der Waals surface area (Å²) in [6.45, 7) is 4.24. The summed E-state index contributed by atoms with van der Waals surface area (Å²) in [4.78, 5) is 16.6. The largest absolute Gasteiger partial charge is 0.497 e. The highest BCUT2D eigenvalue weighted by Crippen LogP contribution is 2.49. The molecule has 3 aromatic rings. The molecule has 0 spiro atoms. The number of rotatable bonds is 2. The first kappa shape index (κ1) is 17.8. The zero-order valence-corrected chi connectivity index (χ0v) is 16.8. The number of aromatic amines is 1. The number of allylic oxidation sites excluding steroid dienone is 2. The Labute approximate surface area is 169 Å². The van der Waals surface area contributed by atoms with Gasteiger partial charge in [-0.05, 0) is 35.3 Å². The quantitative estimate of drug-likeness (QED) is 0.606. The molecule has 4 heteroatoms. The molecule has 0 unspecified atom stereocenters. The number of carbonyl (C=O) groups excluding carboxylic acids is 1. The minimum atomic E-state index is -0.106. The molecule has 146 valence electrons. The summed E-state index contributed by atoms with van der Waals surface area (Å²) in [5.74, 6) is 2.49. The van der Waals surface area contributed by atoms with Gasteiger partial charge in [0.15, 0.2) is 11.5 Å². The molecule has 1 aliphatic carbocycles. The number of Topliss-reactive ketones (excluding diaryl/α,β-unsaturated/α-hetero) is 1. The summed E-state index contributed by atoms with van der Waals surface area (Å²) in [6, 6.07) is 16.0. The summed E-state index contributed by atoms with van der Waals surface area (Å²) in [5.41, 5.74) is 4.49. The van der Waals surface area contributed by atoms with Crippen LogP contribution in [0.4, 0.5) is 0 Å². The number of nitrogens with one attached hydrogen (secondary N) is 1. The topological polar surface area (TPSA) is 51.3 Å². The number of para-hydroxylation sites is 1. The van der Waals surface area contributed by atoms with E-state index in [1.807, 2.05) is 48.5 Å². The molecular weight excluding hydrogens is 362 g/mol. The van der Waals surface area contributed by atoms with Crippen LogP contribution in [0.2, 0.25) is 0 Å². The molecule has 0 radical (unpaired) electrons. The van der Waals surface area contributed by atoms with E-state index < -0.39 is 0 Å². The van der Waals surface area contributed by atoms with Gasteiger partial charge in [-0.2, -0.15) is 0 Å². The Bertz CT molecular complexity index is 1190. The Hall–Kier alpha value is -3.27. The van der Waals surface area contributed by atoms with E-state index in [1.165, 1.54) is 0 Å². The lowest BCUT2D eigenvalue weighted by Crippen LogP contribution is -2.28. The second-order valence-corrected chi connectivity index (χ2v) is 8.54. The highest BCUT2D eigenvalue weighted by molar-refractivity contribution is 6.27. The molecule has 0 fully saturated rings. The van der Waals surface area contributed by atoms with E-state index in [9.17, 15) is 4.79 Å². The summed E-state index contributed by atoms with van der Waals surface area (Å²) >= 11 is 0. The van der Waals surface area contributed by atoms with Gasteiger partial charge in [0.1, 0.15) is 11.5 Å². The molecular formula is C25H23NO3. The molecule has 0 atom stereocenters. The molecule has 0 saturated carbocycles. The Kier molecular flexibility index (Phi) is 3.91. The lowest BCUT2D eigenvalue weighted by molar-refractivity contribution is -0.116. The van der Waals surface area contributed by atoms with Crippen molar-refractivity contribution < 1.29 is 14.3 Å². The number of hydrogen-bond donors (Lipinski definition) is 1. The fraction of sp³-hybridized carbons (Fsp3) is 0.240. The van der Waals surface area contributed by atoms with Gasteiger partial charge in [0.05, 0.1) is 18.4 Å². The molecule has 2 aliphatic rings. The molecule has 1 N–H and O–H groups in total. The highest BCUT2D eigenvalue weighted by atomic mass is 16.5. The summed E-state index contributed by atoms with van der Waals surface area (Å²) in [6.07, 6.45) is 3.29. The van der Waals surface area contributed by atoms with Crippen molar-refractivity contribution in [1.82, 2.24) is 4.98 Å². The fourth-order valence-corrected chi connectivity index (χ4v) is 4.35. The van der Waals surface area contributed by atoms with Gasteiger partial charge in [0.25, 0.3) is 0 Å². The van der Waals surface area contributed by atoms with Crippen molar-refractivity contribution in [2.24, 2.45) is 5.41 Å². The smallest absolute Gasteiger partial charge is 0.167 e. The van der Waals surface area contributed by atoms with E-state index in [-0.39, 0.29) is 11.2 Å². The number of ether oxygens (including phenoxy) is 2. The average Bonchev–Trinajstić information content (AvgIpc) is 3.07. The Morgan fingerprint density at radius 2 is 1.83 bits per heavy atom. The van der Waals surface area contributed by atoms with Crippen LogP contribution in [0.5, 0.6) is 5.75 Å². The molecule has 29 heavy (non-hydrogen) atoms. The van der Waals surface area contributed by atoms with Crippen molar-refractivity contribution in [2.75, 3.05) is 7.11 Å². The molecule has 5 rings (SSSR count). The van der Waals surface area contributed by atoms with E-state index in [2.05, 4.69) is 24.9 Å². The van der Waals surface area contributed by atoms with E-state index in [4.69, 9.17) is 9.47 Å². The third-order valence-electron chi connectivity index (χ3n) is 5.69. The monoisotopic (exact) mass is 385 g/mol. The van der Waals surface area contributed by atoms with Gasteiger partial charge in [-0.25, -0.2) is 0 Å². The first-order chi connectivity index (χ1) is 13.9. The maximum atomic E-state index is 13.1. The lowest BCUT2D eigenvalue weighted by Gasteiger charge is -2.34. The van der Waals surface area contributed by atoms with E-state index in [0.717, 1.165) is 57.0 Å². The van der Waals surface area contributed by atoms with Crippen LogP contribution in [0.3, 0.4) is 0 Å². The zero-order chi connectivity index (χ0) is 20.2. The van der Waals surface area contributed by atoms with Gasteiger partial charge in [-0.15, -0.1) is 0 Å². The molecule has 0 bridgehead atoms. The van der Waals surface area contributed by atoms with E-state index in [0.29, 0.717) is 6.42 Å². The van der Waals surface area contributed by atoms with E-state index >= 15 is 0 Å². The third-order valence-corrected chi connectivity index (χ3v) is 5.69. The van der Waals surface area contributed by atoms with E-state index in [1.54, 1.807) is 7.11 Å². The van der Waals surface area contributed by atoms with Crippen molar-refractivity contribution >= 4 is 34.1 Å². The molecule has 0 saturated heterocycles. The maximum Gasteiger partial charge on any atom is 0.167 e. The Balaban J connectivity index is 1.72. The molecule has 2 aromatic carbocycles. The Morgan fingerprint density at radius 1 is 1.07 bits per heavy atom. The van der Waals surface area contributed by atoms with Gasteiger partial charge in [0, 0.05) is 29.3 Å². The maximum absolute atomic E-state index is 13.1. The lowest BCUT2D eigenvalue weighted by atomic mass is 9.74. The average molecular weight is 385 g/mol. The Morgan fingerprint density at radius 3 is 2.59 bits per heavy atom. The summed E-state index contributed by atoms with van der Waals surface area (Å²) in [7, 11) is 1.66. The fourth-order valence-electron chi connectivity index (χ4n) is 4.35. The molecule has 1 aliphatic heterocycles. The van der Waals surface area contributed by atoms with Crippen molar-refractivity contribution in [3.63, 3.8) is 0 Å². The number of benzene rings is 2. The van der Waals surface area contributed by atoms with Crippen LogP contribution >= 0.6 is 0 Å². The van der Waals surface area contributed by atoms with Gasteiger partial charge in [0.2, 0.25) is 0 Å². The van der Waals surface area contributed by atoms with Crippen LogP contribution in [0.15, 0.2) is 54.3 Å². The normalized spacial score (nSPS) is 19.1. The molecule has 2 heterocycles. The second kappa shape index (κ2) is 6.38. The van der Waals surface area contributed by atoms with Gasteiger partial charge < -0.3 is 14.5 Å². The molecule has 0 amide bonds.